The number of Topliss-reactive ketones (excluding diaryl/α,β-unsaturated/α-hetero) is 1. The Morgan fingerprint density at radius 2 is 1.81 bits per heavy atom. The second kappa shape index (κ2) is 8.29. The fourth-order valence-electron chi connectivity index (χ4n) is 3.27. The van der Waals surface area contributed by atoms with Gasteiger partial charge in [0.2, 0.25) is 5.91 Å². The van der Waals surface area contributed by atoms with Gasteiger partial charge in [-0.25, -0.2) is 4.98 Å². The van der Waals surface area contributed by atoms with Gasteiger partial charge in [0.15, 0.2) is 5.78 Å². The number of aromatic nitrogens is 1. The van der Waals surface area contributed by atoms with E-state index in [2.05, 4.69) is 11.0 Å². The molecule has 0 aliphatic carbocycles. The topological polar surface area (TPSA) is 53.5 Å². The SMILES string of the molecule is O=C(CCC(=O)N1CCN(Cc2nc3ccccc3s2)CC1)c1cccs1. The second-order valence-electron chi connectivity index (χ2n) is 6.63. The minimum atomic E-state index is 0.0628. The Morgan fingerprint density at radius 3 is 2.56 bits per heavy atom. The summed E-state index contributed by atoms with van der Waals surface area (Å²) in [7, 11) is 0. The van der Waals surface area contributed by atoms with Crippen LogP contribution in [0.3, 0.4) is 0 Å². The van der Waals surface area contributed by atoms with Gasteiger partial charge >= 0.3 is 0 Å². The maximum atomic E-state index is 12.4. The lowest BCUT2D eigenvalue weighted by molar-refractivity contribution is -0.132. The number of carbonyl (C=O) groups is 2. The molecule has 0 N–H and O–H groups in total. The normalized spacial score (nSPS) is 15.3. The first kappa shape index (κ1) is 18.3. The molecule has 1 aliphatic rings. The number of hydrogen-bond acceptors (Lipinski definition) is 6. The van der Waals surface area contributed by atoms with E-state index in [1.807, 2.05) is 40.6 Å². The van der Waals surface area contributed by atoms with Crippen LogP contribution in [0.4, 0.5) is 0 Å². The van der Waals surface area contributed by atoms with Crippen molar-refractivity contribution in [1.29, 1.82) is 0 Å². The minimum Gasteiger partial charge on any atom is -0.340 e. The molecule has 2 aromatic heterocycles. The van der Waals surface area contributed by atoms with Crippen LogP contribution < -0.4 is 0 Å². The molecular formula is C20H21N3O2S2. The van der Waals surface area contributed by atoms with Gasteiger partial charge in [-0.1, -0.05) is 18.2 Å². The predicted octanol–water partition coefficient (Wildman–Crippen LogP) is 3.67. The van der Waals surface area contributed by atoms with E-state index < -0.39 is 0 Å². The summed E-state index contributed by atoms with van der Waals surface area (Å²) >= 11 is 3.17. The van der Waals surface area contributed by atoms with Crippen LogP contribution in [-0.4, -0.2) is 52.7 Å². The second-order valence-corrected chi connectivity index (χ2v) is 8.70. The van der Waals surface area contributed by atoms with Crippen LogP contribution in [0.15, 0.2) is 41.8 Å². The maximum absolute atomic E-state index is 12.4. The molecule has 0 unspecified atom stereocenters. The number of fused-ring (bicyclic) bond motifs is 1. The average molecular weight is 400 g/mol. The summed E-state index contributed by atoms with van der Waals surface area (Å²) in [5.41, 5.74) is 1.06. The van der Waals surface area contributed by atoms with E-state index in [0.29, 0.717) is 12.8 Å². The van der Waals surface area contributed by atoms with Gasteiger partial charge in [-0.05, 0) is 23.6 Å². The lowest BCUT2D eigenvalue weighted by atomic mass is 10.1. The number of nitrogens with zero attached hydrogens (tertiary/aromatic N) is 3. The number of benzene rings is 1. The van der Waals surface area contributed by atoms with E-state index in [4.69, 9.17) is 4.98 Å². The highest BCUT2D eigenvalue weighted by molar-refractivity contribution is 7.18. The number of para-hydroxylation sites is 1. The summed E-state index contributed by atoms with van der Waals surface area (Å²) in [4.78, 5) is 34.1. The molecule has 0 bridgehead atoms. The Balaban J connectivity index is 1.24. The number of amides is 1. The zero-order valence-corrected chi connectivity index (χ0v) is 16.6. The standard InChI is InChI=1S/C20H21N3O2S2/c24-16(18-6-3-13-26-18)7-8-20(25)23-11-9-22(10-12-23)14-19-21-15-4-1-2-5-17(15)27-19/h1-6,13H,7-12,14H2. The van der Waals surface area contributed by atoms with Crippen molar-refractivity contribution in [3.05, 3.63) is 51.7 Å². The average Bonchev–Trinajstić information content (AvgIpc) is 3.35. The highest BCUT2D eigenvalue weighted by Gasteiger charge is 2.22. The molecule has 1 aliphatic heterocycles. The van der Waals surface area contributed by atoms with Crippen molar-refractivity contribution in [1.82, 2.24) is 14.8 Å². The Labute approximate surface area is 166 Å². The number of ketones is 1. The molecule has 0 radical (unpaired) electrons. The van der Waals surface area contributed by atoms with E-state index >= 15 is 0 Å². The Bertz CT molecular complexity index is 895. The predicted molar refractivity (Wildman–Crippen MR) is 109 cm³/mol. The number of rotatable bonds is 6. The fraction of sp³-hybridized carbons (Fsp3) is 0.350. The summed E-state index contributed by atoms with van der Waals surface area (Å²) in [6.07, 6.45) is 0.597. The lowest BCUT2D eigenvalue weighted by Crippen LogP contribution is -2.48. The van der Waals surface area contributed by atoms with E-state index in [0.717, 1.165) is 48.1 Å². The fourth-order valence-corrected chi connectivity index (χ4v) is 4.98. The summed E-state index contributed by atoms with van der Waals surface area (Å²) in [5.74, 6) is 0.146. The van der Waals surface area contributed by atoms with Crippen LogP contribution in [0.2, 0.25) is 0 Å². The van der Waals surface area contributed by atoms with Gasteiger partial charge in [0.05, 0.1) is 21.6 Å². The van der Waals surface area contributed by atoms with Crippen molar-refractivity contribution in [3.63, 3.8) is 0 Å². The van der Waals surface area contributed by atoms with E-state index in [-0.39, 0.29) is 11.7 Å². The first-order valence-corrected chi connectivity index (χ1v) is 10.8. The Hall–Kier alpha value is -2.09. The highest BCUT2D eigenvalue weighted by Crippen LogP contribution is 2.23. The quantitative estimate of drug-likeness (QED) is 0.594. The first-order valence-electron chi connectivity index (χ1n) is 9.10. The molecule has 3 heterocycles. The molecule has 1 aromatic carbocycles. The van der Waals surface area contributed by atoms with Gasteiger partial charge < -0.3 is 4.90 Å². The molecule has 7 heteroatoms. The lowest BCUT2D eigenvalue weighted by Gasteiger charge is -2.34. The molecule has 27 heavy (non-hydrogen) atoms. The van der Waals surface area contributed by atoms with Crippen molar-refractivity contribution in [2.24, 2.45) is 0 Å². The molecule has 140 valence electrons. The molecule has 0 saturated carbocycles. The number of hydrogen-bond donors (Lipinski definition) is 0. The molecule has 1 saturated heterocycles. The van der Waals surface area contributed by atoms with Crippen LogP contribution in [0.1, 0.15) is 27.5 Å². The highest BCUT2D eigenvalue weighted by atomic mass is 32.1. The van der Waals surface area contributed by atoms with Crippen molar-refractivity contribution in [3.8, 4) is 0 Å². The molecular weight excluding hydrogens is 378 g/mol. The largest absolute Gasteiger partial charge is 0.340 e. The smallest absolute Gasteiger partial charge is 0.223 e. The minimum absolute atomic E-state index is 0.0628. The zero-order chi connectivity index (χ0) is 18.6. The Morgan fingerprint density at radius 1 is 1.00 bits per heavy atom. The third-order valence-electron chi connectivity index (χ3n) is 4.78. The van der Waals surface area contributed by atoms with Gasteiger partial charge in [0, 0.05) is 39.0 Å². The molecule has 3 aromatic rings. The van der Waals surface area contributed by atoms with E-state index in [1.165, 1.54) is 16.0 Å². The van der Waals surface area contributed by atoms with Crippen LogP contribution in [0.5, 0.6) is 0 Å². The van der Waals surface area contributed by atoms with Crippen molar-refractivity contribution < 1.29 is 9.59 Å². The van der Waals surface area contributed by atoms with Crippen molar-refractivity contribution >= 4 is 44.6 Å². The third-order valence-corrected chi connectivity index (χ3v) is 6.72. The van der Waals surface area contributed by atoms with Gasteiger partial charge in [0.1, 0.15) is 5.01 Å². The summed E-state index contributed by atoms with van der Waals surface area (Å²) in [6.45, 7) is 3.97. The van der Waals surface area contributed by atoms with Crippen molar-refractivity contribution in [2.45, 2.75) is 19.4 Å². The van der Waals surface area contributed by atoms with E-state index in [9.17, 15) is 9.59 Å². The van der Waals surface area contributed by atoms with Crippen LogP contribution in [-0.2, 0) is 11.3 Å². The Kier molecular flexibility index (Phi) is 5.61. The van der Waals surface area contributed by atoms with Crippen LogP contribution in [0, 0.1) is 0 Å². The molecule has 0 spiro atoms. The van der Waals surface area contributed by atoms with Gasteiger partial charge in [-0.3, -0.25) is 14.5 Å². The van der Waals surface area contributed by atoms with Crippen LogP contribution >= 0.6 is 22.7 Å². The molecule has 5 nitrogen and oxygen atoms in total. The number of thiophene rings is 1. The van der Waals surface area contributed by atoms with Crippen molar-refractivity contribution in [2.75, 3.05) is 26.2 Å². The van der Waals surface area contributed by atoms with Gasteiger partial charge in [-0.2, -0.15) is 0 Å². The molecule has 1 amide bonds. The summed E-state index contributed by atoms with van der Waals surface area (Å²) < 4.78 is 1.22. The first-order chi connectivity index (χ1) is 13.2. The zero-order valence-electron chi connectivity index (χ0n) is 15.0. The monoisotopic (exact) mass is 399 g/mol. The number of piperazine rings is 1. The molecule has 0 atom stereocenters. The third kappa shape index (κ3) is 4.43. The van der Waals surface area contributed by atoms with Gasteiger partial charge in [-0.15, -0.1) is 22.7 Å². The number of thiazole rings is 1. The molecule has 4 rings (SSSR count). The summed E-state index contributed by atoms with van der Waals surface area (Å²) in [6, 6.07) is 11.9. The maximum Gasteiger partial charge on any atom is 0.223 e. The molecule has 1 fully saturated rings. The van der Waals surface area contributed by atoms with Gasteiger partial charge in [0.25, 0.3) is 0 Å². The number of carbonyl (C=O) groups excluding carboxylic acids is 2. The van der Waals surface area contributed by atoms with E-state index in [1.54, 1.807) is 11.3 Å². The summed E-state index contributed by atoms with van der Waals surface area (Å²) in [5, 5.41) is 3.01. The van der Waals surface area contributed by atoms with Crippen LogP contribution in [0.25, 0.3) is 10.2 Å².